The maximum absolute atomic E-state index is 10.9. The fourth-order valence-electron chi connectivity index (χ4n) is 2.40. The van der Waals surface area contributed by atoms with Crippen molar-refractivity contribution in [2.45, 2.75) is 39.2 Å². The highest BCUT2D eigenvalue weighted by atomic mass is 16.5. The Kier molecular flexibility index (Phi) is 4.39. The van der Waals surface area contributed by atoms with E-state index in [0.29, 0.717) is 18.5 Å². The molecule has 0 amide bonds. The molecule has 0 heterocycles. The summed E-state index contributed by atoms with van der Waals surface area (Å²) in [6.07, 6.45) is 3.73. The van der Waals surface area contributed by atoms with Crippen molar-refractivity contribution in [2.24, 2.45) is 11.8 Å². The van der Waals surface area contributed by atoms with Gasteiger partial charge in [0.1, 0.15) is 0 Å². The van der Waals surface area contributed by atoms with Crippen molar-refractivity contribution in [2.75, 3.05) is 13.7 Å². The number of ether oxygens (including phenoxy) is 1. The SMILES string of the molecule is CCC1CCC(NCC(=O)OC)C1C. The molecule has 0 aliphatic heterocycles. The van der Waals surface area contributed by atoms with Gasteiger partial charge in [0.05, 0.1) is 13.7 Å². The predicted octanol–water partition coefficient (Wildman–Crippen LogP) is 1.57. The van der Waals surface area contributed by atoms with Gasteiger partial charge in [0.2, 0.25) is 0 Å². The van der Waals surface area contributed by atoms with E-state index in [4.69, 9.17) is 0 Å². The van der Waals surface area contributed by atoms with Gasteiger partial charge in [0, 0.05) is 6.04 Å². The van der Waals surface area contributed by atoms with E-state index in [9.17, 15) is 4.79 Å². The quantitative estimate of drug-likeness (QED) is 0.698. The second-order valence-electron chi connectivity index (χ2n) is 4.17. The molecule has 0 radical (unpaired) electrons. The zero-order valence-corrected chi connectivity index (χ0v) is 9.38. The molecule has 1 fully saturated rings. The first-order valence-electron chi connectivity index (χ1n) is 5.49. The number of rotatable bonds is 4. The van der Waals surface area contributed by atoms with Crippen LogP contribution in [0.25, 0.3) is 0 Å². The highest BCUT2D eigenvalue weighted by Gasteiger charge is 2.31. The van der Waals surface area contributed by atoms with Crippen LogP contribution in [0.15, 0.2) is 0 Å². The molecule has 1 aliphatic rings. The molecule has 0 aromatic heterocycles. The maximum atomic E-state index is 10.9. The topological polar surface area (TPSA) is 38.3 Å². The molecule has 0 aromatic carbocycles. The summed E-state index contributed by atoms with van der Waals surface area (Å²) < 4.78 is 4.60. The third kappa shape index (κ3) is 2.71. The van der Waals surface area contributed by atoms with Crippen molar-refractivity contribution in [3.8, 4) is 0 Å². The summed E-state index contributed by atoms with van der Waals surface area (Å²) in [6.45, 7) is 4.86. The molecular formula is C11H21NO2. The normalized spacial score (nSPS) is 31.8. The molecule has 3 unspecified atom stereocenters. The van der Waals surface area contributed by atoms with Gasteiger partial charge in [-0.1, -0.05) is 20.3 Å². The van der Waals surface area contributed by atoms with E-state index in [1.807, 2.05) is 0 Å². The van der Waals surface area contributed by atoms with E-state index in [0.717, 1.165) is 5.92 Å². The highest BCUT2D eigenvalue weighted by Crippen LogP contribution is 2.33. The van der Waals surface area contributed by atoms with Gasteiger partial charge in [-0.05, 0) is 24.7 Å². The monoisotopic (exact) mass is 199 g/mol. The molecule has 0 spiro atoms. The Morgan fingerprint density at radius 2 is 2.21 bits per heavy atom. The summed E-state index contributed by atoms with van der Waals surface area (Å²) >= 11 is 0. The van der Waals surface area contributed by atoms with Crippen molar-refractivity contribution in [3.05, 3.63) is 0 Å². The zero-order valence-electron chi connectivity index (χ0n) is 9.38. The summed E-state index contributed by atoms with van der Waals surface area (Å²) in [5, 5.41) is 3.27. The average molecular weight is 199 g/mol. The van der Waals surface area contributed by atoms with Crippen LogP contribution in [0.2, 0.25) is 0 Å². The Bertz CT molecular complexity index is 194. The molecule has 0 aromatic rings. The van der Waals surface area contributed by atoms with Crippen LogP contribution in [0.1, 0.15) is 33.1 Å². The predicted molar refractivity (Wildman–Crippen MR) is 56.0 cm³/mol. The summed E-state index contributed by atoms with van der Waals surface area (Å²) in [5.74, 6) is 1.34. The van der Waals surface area contributed by atoms with Crippen LogP contribution >= 0.6 is 0 Å². The lowest BCUT2D eigenvalue weighted by molar-refractivity contribution is -0.139. The van der Waals surface area contributed by atoms with Gasteiger partial charge < -0.3 is 10.1 Å². The standard InChI is InChI=1S/C11H21NO2/c1-4-9-5-6-10(8(9)2)12-7-11(13)14-3/h8-10,12H,4-7H2,1-3H3. The van der Waals surface area contributed by atoms with Gasteiger partial charge in [-0.3, -0.25) is 4.79 Å². The summed E-state index contributed by atoms with van der Waals surface area (Å²) in [4.78, 5) is 10.9. The molecule has 3 heteroatoms. The second kappa shape index (κ2) is 5.35. The molecule has 3 nitrogen and oxygen atoms in total. The number of carbonyl (C=O) groups excluding carboxylic acids is 1. The molecule has 1 saturated carbocycles. The highest BCUT2D eigenvalue weighted by molar-refractivity contribution is 5.71. The molecule has 1 N–H and O–H groups in total. The van der Waals surface area contributed by atoms with Crippen LogP contribution in [0, 0.1) is 11.8 Å². The number of methoxy groups -OCH3 is 1. The van der Waals surface area contributed by atoms with Gasteiger partial charge in [0.15, 0.2) is 0 Å². The molecule has 14 heavy (non-hydrogen) atoms. The van der Waals surface area contributed by atoms with Crippen molar-refractivity contribution in [1.29, 1.82) is 0 Å². The maximum Gasteiger partial charge on any atom is 0.319 e. The molecule has 0 saturated heterocycles. The van der Waals surface area contributed by atoms with E-state index in [-0.39, 0.29) is 5.97 Å². The van der Waals surface area contributed by atoms with Crippen LogP contribution < -0.4 is 5.32 Å². The lowest BCUT2D eigenvalue weighted by Gasteiger charge is -2.20. The molecule has 1 aliphatic carbocycles. The van der Waals surface area contributed by atoms with Gasteiger partial charge in [-0.15, -0.1) is 0 Å². The van der Waals surface area contributed by atoms with Crippen LogP contribution in [-0.4, -0.2) is 25.7 Å². The first kappa shape index (κ1) is 11.5. The Morgan fingerprint density at radius 3 is 2.71 bits per heavy atom. The third-order valence-corrected chi connectivity index (χ3v) is 3.49. The molecule has 82 valence electrons. The summed E-state index contributed by atoms with van der Waals surface area (Å²) in [7, 11) is 1.43. The van der Waals surface area contributed by atoms with E-state index in [2.05, 4.69) is 23.9 Å². The average Bonchev–Trinajstić information content (AvgIpc) is 2.56. The Hall–Kier alpha value is -0.570. The van der Waals surface area contributed by atoms with Crippen LogP contribution in [0.3, 0.4) is 0 Å². The minimum atomic E-state index is -0.169. The van der Waals surface area contributed by atoms with E-state index in [1.54, 1.807) is 0 Å². The first-order valence-corrected chi connectivity index (χ1v) is 5.49. The van der Waals surface area contributed by atoms with Crippen molar-refractivity contribution in [1.82, 2.24) is 5.32 Å². The largest absolute Gasteiger partial charge is 0.468 e. The molecule has 3 atom stereocenters. The number of carbonyl (C=O) groups is 1. The number of nitrogens with one attached hydrogen (secondary N) is 1. The Morgan fingerprint density at radius 1 is 1.50 bits per heavy atom. The van der Waals surface area contributed by atoms with E-state index in [1.165, 1.54) is 26.4 Å². The summed E-state index contributed by atoms with van der Waals surface area (Å²) in [5.41, 5.74) is 0. The smallest absolute Gasteiger partial charge is 0.319 e. The van der Waals surface area contributed by atoms with E-state index < -0.39 is 0 Å². The van der Waals surface area contributed by atoms with Crippen LogP contribution in [0.5, 0.6) is 0 Å². The van der Waals surface area contributed by atoms with Crippen LogP contribution in [-0.2, 0) is 9.53 Å². The van der Waals surface area contributed by atoms with Gasteiger partial charge in [-0.2, -0.15) is 0 Å². The third-order valence-electron chi connectivity index (χ3n) is 3.49. The van der Waals surface area contributed by atoms with Gasteiger partial charge in [0.25, 0.3) is 0 Å². The number of hydrogen-bond donors (Lipinski definition) is 1. The van der Waals surface area contributed by atoms with Crippen molar-refractivity contribution >= 4 is 5.97 Å². The zero-order chi connectivity index (χ0) is 10.6. The lowest BCUT2D eigenvalue weighted by atomic mass is 9.93. The fraction of sp³-hybridized carbons (Fsp3) is 0.909. The Balaban J connectivity index is 2.29. The number of esters is 1. The van der Waals surface area contributed by atoms with Gasteiger partial charge in [-0.25, -0.2) is 0 Å². The van der Waals surface area contributed by atoms with E-state index >= 15 is 0 Å². The van der Waals surface area contributed by atoms with Gasteiger partial charge >= 0.3 is 5.97 Å². The Labute approximate surface area is 86.2 Å². The summed E-state index contributed by atoms with van der Waals surface area (Å²) in [6, 6.07) is 0.499. The minimum Gasteiger partial charge on any atom is -0.468 e. The van der Waals surface area contributed by atoms with Crippen molar-refractivity contribution in [3.63, 3.8) is 0 Å². The fourth-order valence-corrected chi connectivity index (χ4v) is 2.40. The van der Waals surface area contributed by atoms with Crippen molar-refractivity contribution < 1.29 is 9.53 Å². The lowest BCUT2D eigenvalue weighted by Crippen LogP contribution is -2.36. The molecular weight excluding hydrogens is 178 g/mol. The number of hydrogen-bond acceptors (Lipinski definition) is 3. The molecule has 1 rings (SSSR count). The van der Waals surface area contributed by atoms with Crippen LogP contribution in [0.4, 0.5) is 0 Å². The minimum absolute atomic E-state index is 0.169. The first-order chi connectivity index (χ1) is 6.69. The molecule has 0 bridgehead atoms. The second-order valence-corrected chi connectivity index (χ2v) is 4.17.